The van der Waals surface area contributed by atoms with Gasteiger partial charge < -0.3 is 19.4 Å². The van der Waals surface area contributed by atoms with Crippen molar-refractivity contribution in [2.24, 2.45) is 0 Å². The lowest BCUT2D eigenvalue weighted by Gasteiger charge is -2.21. The van der Waals surface area contributed by atoms with Crippen LogP contribution in [-0.4, -0.2) is 55.9 Å². The van der Waals surface area contributed by atoms with E-state index in [2.05, 4.69) is 68.5 Å². The van der Waals surface area contributed by atoms with Crippen molar-refractivity contribution in [2.75, 3.05) is 13.2 Å². The van der Waals surface area contributed by atoms with E-state index >= 15 is 0 Å². The maximum atomic E-state index is 13.1. The number of hydrogen-bond donors (Lipinski definition) is 1. The van der Waals surface area contributed by atoms with E-state index in [1.54, 1.807) is 13.8 Å². The Morgan fingerprint density at radius 1 is 0.846 bits per heavy atom. The zero-order valence-electron chi connectivity index (χ0n) is 20.2. The highest BCUT2D eigenvalue weighted by Crippen LogP contribution is 2.30. The van der Waals surface area contributed by atoms with Gasteiger partial charge in [0.1, 0.15) is 15.9 Å². The number of carbonyl (C=O) groups is 3. The maximum absolute atomic E-state index is 13.1. The van der Waals surface area contributed by atoms with Gasteiger partial charge in [-0.05, 0) is 72.3 Å². The Labute approximate surface area is 270 Å². The van der Waals surface area contributed by atoms with Gasteiger partial charge >= 0.3 is 11.9 Å². The molecule has 2 rings (SSSR count). The third kappa shape index (κ3) is 14.2. The van der Waals surface area contributed by atoms with Gasteiger partial charge in [0.2, 0.25) is 0 Å². The van der Waals surface area contributed by atoms with Crippen molar-refractivity contribution < 1.29 is 46.5 Å². The molecule has 0 radical (unpaired) electrons. The molecular formula is C24H23Br4F4IO6. The standard InChI is InChI=1S/C12H12Br2F2O3.C6H8Br2O3.C6H3F2I/c1-2-19-12(18)10(14)9(13)11(17)6-3-4-7(15)8(16)5-6;1-2-11-6(10)5(8)4(7)3-9;7-5-2-1-4(9)3-6(5)8/h3-5,9-11,17H,2H2,1H3;3-5H,2H2,1H3;1-3H. The number of carbonyl (C=O) groups excluding carboxylic acids is 3. The molecule has 5 atom stereocenters. The number of aliphatic hydroxyl groups is 1. The molecule has 39 heavy (non-hydrogen) atoms. The monoisotopic (exact) mass is 926 g/mol. The molecule has 0 spiro atoms. The summed E-state index contributed by atoms with van der Waals surface area (Å²) in [6.45, 7) is 3.90. The van der Waals surface area contributed by atoms with Crippen LogP contribution in [0, 0.1) is 26.8 Å². The highest BCUT2D eigenvalue weighted by atomic mass is 127. The molecule has 0 amide bonds. The van der Waals surface area contributed by atoms with Gasteiger partial charge in [0.05, 0.1) is 29.0 Å². The summed E-state index contributed by atoms with van der Waals surface area (Å²) in [6, 6.07) is 6.83. The van der Waals surface area contributed by atoms with Crippen molar-refractivity contribution in [3.63, 3.8) is 0 Å². The van der Waals surface area contributed by atoms with Crippen LogP contribution in [0.5, 0.6) is 0 Å². The van der Waals surface area contributed by atoms with Crippen molar-refractivity contribution in [3.8, 4) is 0 Å². The van der Waals surface area contributed by atoms with Gasteiger partial charge in [-0.1, -0.05) is 69.8 Å². The molecular weight excluding hydrogens is 907 g/mol. The zero-order chi connectivity index (χ0) is 30.3. The Balaban J connectivity index is 0.000000611. The molecule has 0 aliphatic carbocycles. The first-order valence-corrected chi connectivity index (χ1v) is 15.5. The van der Waals surface area contributed by atoms with Crippen LogP contribution in [0.4, 0.5) is 17.6 Å². The third-order valence-corrected chi connectivity index (χ3v) is 9.93. The molecule has 0 bridgehead atoms. The molecule has 2 aromatic carbocycles. The van der Waals surface area contributed by atoms with E-state index in [-0.39, 0.29) is 12.2 Å². The summed E-state index contributed by atoms with van der Waals surface area (Å²) in [5.74, 6) is -4.62. The van der Waals surface area contributed by atoms with Crippen molar-refractivity contribution in [3.05, 3.63) is 68.8 Å². The second kappa shape index (κ2) is 20.3. The summed E-state index contributed by atoms with van der Waals surface area (Å²) in [7, 11) is 0. The Kier molecular flexibility index (Phi) is 20.0. The number of halogens is 9. The summed E-state index contributed by atoms with van der Waals surface area (Å²) >= 11 is 14.2. The van der Waals surface area contributed by atoms with Gasteiger partial charge in [0.25, 0.3) is 0 Å². The second-order valence-corrected chi connectivity index (χ2v) is 12.3. The molecule has 5 unspecified atom stereocenters. The van der Waals surface area contributed by atoms with Crippen molar-refractivity contribution >= 4 is 105 Å². The highest BCUT2D eigenvalue weighted by Gasteiger charge is 2.32. The molecule has 0 saturated carbocycles. The first-order chi connectivity index (χ1) is 18.2. The third-order valence-electron chi connectivity index (χ3n) is 4.18. The predicted molar refractivity (Wildman–Crippen MR) is 161 cm³/mol. The van der Waals surface area contributed by atoms with Crippen LogP contribution in [0.15, 0.2) is 36.4 Å². The molecule has 0 aliphatic heterocycles. The first kappa shape index (κ1) is 38.4. The zero-order valence-corrected chi connectivity index (χ0v) is 28.7. The van der Waals surface area contributed by atoms with Crippen LogP contribution < -0.4 is 0 Å². The fraction of sp³-hybridized carbons (Fsp3) is 0.375. The minimum Gasteiger partial charge on any atom is -0.465 e. The molecule has 2 aromatic rings. The van der Waals surface area contributed by atoms with Gasteiger partial charge in [0, 0.05) is 3.57 Å². The number of aldehydes is 1. The molecule has 15 heteroatoms. The van der Waals surface area contributed by atoms with E-state index < -0.39 is 60.6 Å². The smallest absolute Gasteiger partial charge is 0.321 e. The molecule has 218 valence electrons. The van der Waals surface area contributed by atoms with Crippen LogP contribution in [0.25, 0.3) is 0 Å². The molecule has 1 N–H and O–H groups in total. The maximum Gasteiger partial charge on any atom is 0.321 e. The van der Waals surface area contributed by atoms with E-state index in [0.717, 1.165) is 24.3 Å². The summed E-state index contributed by atoms with van der Waals surface area (Å²) in [5, 5.41) is 10.0. The molecule has 0 saturated heterocycles. The van der Waals surface area contributed by atoms with E-state index in [1.807, 2.05) is 22.6 Å². The minimum atomic E-state index is -1.19. The largest absolute Gasteiger partial charge is 0.465 e. The predicted octanol–water partition coefficient (Wildman–Crippen LogP) is 6.93. The van der Waals surface area contributed by atoms with Crippen LogP contribution >= 0.6 is 86.3 Å². The normalized spacial score (nSPS) is 14.2. The number of ether oxygens (including phenoxy) is 2. The lowest BCUT2D eigenvalue weighted by Crippen LogP contribution is -2.31. The minimum absolute atomic E-state index is 0.162. The number of hydrogen-bond acceptors (Lipinski definition) is 6. The number of alkyl halides is 4. The fourth-order valence-electron chi connectivity index (χ4n) is 2.28. The topological polar surface area (TPSA) is 89.9 Å². The van der Waals surface area contributed by atoms with E-state index in [9.17, 15) is 37.1 Å². The summed E-state index contributed by atoms with van der Waals surface area (Å²) in [6.07, 6.45) is -0.556. The molecule has 0 heterocycles. The van der Waals surface area contributed by atoms with Gasteiger partial charge in [0.15, 0.2) is 23.3 Å². The van der Waals surface area contributed by atoms with Crippen LogP contribution in [0.3, 0.4) is 0 Å². The molecule has 6 nitrogen and oxygen atoms in total. The lowest BCUT2D eigenvalue weighted by atomic mass is 10.0. The van der Waals surface area contributed by atoms with E-state index in [4.69, 9.17) is 4.74 Å². The highest BCUT2D eigenvalue weighted by molar-refractivity contribution is 14.1. The van der Waals surface area contributed by atoms with Gasteiger partial charge in [-0.3, -0.25) is 9.59 Å². The van der Waals surface area contributed by atoms with E-state index in [0.29, 0.717) is 16.5 Å². The van der Waals surface area contributed by atoms with Crippen LogP contribution in [0.1, 0.15) is 25.5 Å². The second-order valence-electron chi connectivity index (χ2n) is 7.01. The number of rotatable bonds is 9. The summed E-state index contributed by atoms with van der Waals surface area (Å²) in [5.41, 5.74) is 0.162. The fourth-order valence-corrected chi connectivity index (χ4v) is 4.15. The lowest BCUT2D eigenvalue weighted by molar-refractivity contribution is -0.143. The molecule has 0 aliphatic rings. The summed E-state index contributed by atoms with van der Waals surface area (Å²) in [4.78, 5) is 29.9. The molecule has 0 aromatic heterocycles. The quantitative estimate of drug-likeness (QED) is 0.0734. The van der Waals surface area contributed by atoms with Gasteiger partial charge in [-0.15, -0.1) is 0 Å². The average Bonchev–Trinajstić information content (AvgIpc) is 2.91. The van der Waals surface area contributed by atoms with Crippen molar-refractivity contribution in [1.29, 1.82) is 0 Å². The Morgan fingerprint density at radius 2 is 1.31 bits per heavy atom. The van der Waals surface area contributed by atoms with Gasteiger partial charge in [-0.25, -0.2) is 17.6 Å². The SMILES string of the molecule is CCOC(=O)C(Br)C(Br)C(O)c1ccc(F)c(F)c1.CCOC(=O)C(Br)C(Br)C=O.Fc1ccc(I)cc1F. The Morgan fingerprint density at radius 3 is 1.72 bits per heavy atom. The molecule has 0 fully saturated rings. The number of esters is 2. The summed E-state index contributed by atoms with van der Waals surface area (Å²) < 4.78 is 60.3. The number of benzene rings is 2. The Bertz CT molecular complexity index is 1080. The van der Waals surface area contributed by atoms with Crippen LogP contribution in [0.2, 0.25) is 0 Å². The number of aliphatic hydroxyl groups excluding tert-OH is 1. The van der Waals surface area contributed by atoms with Crippen molar-refractivity contribution in [2.45, 2.75) is 39.3 Å². The van der Waals surface area contributed by atoms with Gasteiger partial charge in [-0.2, -0.15) is 0 Å². The first-order valence-electron chi connectivity index (χ1n) is 10.8. The Hall–Kier alpha value is -0.620. The van der Waals surface area contributed by atoms with Crippen molar-refractivity contribution in [1.82, 2.24) is 0 Å². The average molecular weight is 930 g/mol. The van der Waals surface area contributed by atoms with E-state index in [1.165, 1.54) is 12.1 Å². The van der Waals surface area contributed by atoms with Crippen LogP contribution in [-0.2, 0) is 23.9 Å².